The molecule has 0 aliphatic rings. The molecule has 7 heteroatoms. The molecule has 0 aliphatic carbocycles. The van der Waals surface area contributed by atoms with Crippen LogP contribution in [-0.2, 0) is 21.2 Å². The molecular formula is C25H26N2O4S. The lowest BCUT2D eigenvalue weighted by Gasteiger charge is -2.30. The summed E-state index contributed by atoms with van der Waals surface area (Å²) in [5.41, 5.74) is 2.90. The Bertz CT molecular complexity index is 1210. The van der Waals surface area contributed by atoms with E-state index in [0.29, 0.717) is 17.8 Å². The van der Waals surface area contributed by atoms with E-state index in [1.807, 2.05) is 55.5 Å². The van der Waals surface area contributed by atoms with Gasteiger partial charge in [0.1, 0.15) is 0 Å². The van der Waals surface area contributed by atoms with Crippen molar-refractivity contribution in [2.24, 2.45) is 0 Å². The molecule has 166 valence electrons. The number of amides is 2. The number of nitrogens with zero attached hydrogens (tertiary/aromatic N) is 1. The molecule has 0 spiro atoms. The predicted molar refractivity (Wildman–Crippen MR) is 125 cm³/mol. The van der Waals surface area contributed by atoms with Gasteiger partial charge in [0.25, 0.3) is 5.91 Å². The summed E-state index contributed by atoms with van der Waals surface area (Å²) in [7, 11) is -3.35. The molecule has 1 unspecified atom stereocenters. The largest absolute Gasteiger partial charge is 0.328 e. The monoisotopic (exact) mass is 450 g/mol. The maximum absolute atomic E-state index is 13.5. The van der Waals surface area contributed by atoms with E-state index in [0.717, 1.165) is 17.4 Å². The van der Waals surface area contributed by atoms with Crippen molar-refractivity contribution in [2.75, 3.05) is 11.6 Å². The van der Waals surface area contributed by atoms with E-state index >= 15 is 0 Å². The lowest BCUT2D eigenvalue weighted by Crippen LogP contribution is -2.33. The van der Waals surface area contributed by atoms with Crippen LogP contribution in [0.5, 0.6) is 0 Å². The van der Waals surface area contributed by atoms with Crippen LogP contribution in [0.4, 0.5) is 5.69 Å². The van der Waals surface area contributed by atoms with Gasteiger partial charge in [0.2, 0.25) is 5.91 Å². The highest BCUT2D eigenvalue weighted by Crippen LogP contribution is 2.27. The second-order valence-corrected chi connectivity index (χ2v) is 9.71. The molecule has 6 nitrogen and oxygen atoms in total. The first-order valence-electron chi connectivity index (χ1n) is 10.2. The van der Waals surface area contributed by atoms with Gasteiger partial charge in [-0.25, -0.2) is 8.42 Å². The summed E-state index contributed by atoms with van der Waals surface area (Å²) in [5, 5.41) is 2.77. The minimum Gasteiger partial charge on any atom is -0.328 e. The molecule has 1 atom stereocenters. The zero-order valence-corrected chi connectivity index (χ0v) is 19.1. The van der Waals surface area contributed by atoms with Gasteiger partial charge in [-0.15, -0.1) is 0 Å². The lowest BCUT2D eigenvalue weighted by atomic mass is 10.0. The minimum atomic E-state index is -3.35. The quantitative estimate of drug-likeness (QED) is 0.576. The van der Waals surface area contributed by atoms with Gasteiger partial charge in [-0.1, -0.05) is 42.5 Å². The number of hydrogen-bond donors (Lipinski definition) is 1. The van der Waals surface area contributed by atoms with E-state index < -0.39 is 9.84 Å². The zero-order valence-electron chi connectivity index (χ0n) is 18.3. The maximum atomic E-state index is 13.5. The van der Waals surface area contributed by atoms with Gasteiger partial charge in [-0.2, -0.15) is 0 Å². The van der Waals surface area contributed by atoms with Gasteiger partial charge in [-0.3, -0.25) is 9.59 Å². The number of rotatable bonds is 7. The average molecular weight is 451 g/mol. The Morgan fingerprint density at radius 2 is 1.59 bits per heavy atom. The van der Waals surface area contributed by atoms with Crippen LogP contribution in [-0.4, -0.2) is 31.4 Å². The number of carbonyl (C=O) groups is 2. The van der Waals surface area contributed by atoms with Crippen LogP contribution in [0, 0.1) is 0 Å². The molecule has 0 heterocycles. The van der Waals surface area contributed by atoms with E-state index in [4.69, 9.17) is 0 Å². The Labute approximate surface area is 188 Å². The molecule has 0 radical (unpaired) electrons. The molecule has 3 rings (SSSR count). The maximum Gasteiger partial charge on any atom is 0.254 e. The zero-order chi connectivity index (χ0) is 23.3. The van der Waals surface area contributed by atoms with Crippen molar-refractivity contribution in [3.05, 3.63) is 95.6 Å². The van der Waals surface area contributed by atoms with Crippen molar-refractivity contribution in [3.8, 4) is 0 Å². The highest BCUT2D eigenvalue weighted by Gasteiger charge is 2.24. The normalized spacial score (nSPS) is 12.1. The second kappa shape index (κ2) is 9.78. The Morgan fingerprint density at radius 3 is 2.19 bits per heavy atom. The molecule has 2 amide bonds. The first-order chi connectivity index (χ1) is 15.1. The molecule has 3 aromatic rings. The molecular weight excluding hydrogens is 424 g/mol. The molecule has 0 aromatic heterocycles. The van der Waals surface area contributed by atoms with Crippen LogP contribution in [0.1, 0.15) is 41.4 Å². The SMILES string of the molecule is CC(=O)Nc1cccc(C(C)N(Cc2ccccc2)C(=O)c2ccc(S(C)(=O)=O)cc2)c1. The third-order valence-corrected chi connectivity index (χ3v) is 6.27. The van der Waals surface area contributed by atoms with Crippen molar-refractivity contribution in [1.29, 1.82) is 0 Å². The van der Waals surface area contributed by atoms with E-state index in [-0.39, 0.29) is 22.8 Å². The third kappa shape index (κ3) is 5.82. The first-order valence-corrected chi connectivity index (χ1v) is 12.1. The molecule has 0 aliphatic heterocycles. The number of anilines is 1. The van der Waals surface area contributed by atoms with Crippen LogP contribution in [0.15, 0.2) is 83.8 Å². The van der Waals surface area contributed by atoms with Gasteiger partial charge >= 0.3 is 0 Å². The molecule has 32 heavy (non-hydrogen) atoms. The van der Waals surface area contributed by atoms with Gasteiger partial charge < -0.3 is 10.2 Å². The van der Waals surface area contributed by atoms with Crippen molar-refractivity contribution in [3.63, 3.8) is 0 Å². The van der Waals surface area contributed by atoms with Crippen molar-refractivity contribution in [1.82, 2.24) is 4.90 Å². The van der Waals surface area contributed by atoms with Crippen LogP contribution in [0.3, 0.4) is 0 Å². The lowest BCUT2D eigenvalue weighted by molar-refractivity contribution is -0.114. The fraction of sp³-hybridized carbons (Fsp3) is 0.200. The Balaban J connectivity index is 1.96. The van der Waals surface area contributed by atoms with E-state index in [9.17, 15) is 18.0 Å². The summed E-state index contributed by atoms with van der Waals surface area (Å²) in [6.45, 7) is 3.75. The van der Waals surface area contributed by atoms with Crippen LogP contribution in [0.25, 0.3) is 0 Å². The molecule has 0 bridgehead atoms. The Hall–Kier alpha value is -3.45. The number of benzene rings is 3. The highest BCUT2D eigenvalue weighted by molar-refractivity contribution is 7.90. The minimum absolute atomic E-state index is 0.166. The Morgan fingerprint density at radius 1 is 0.938 bits per heavy atom. The average Bonchev–Trinajstić information content (AvgIpc) is 2.76. The van der Waals surface area contributed by atoms with Gasteiger partial charge in [0.15, 0.2) is 9.84 Å². The summed E-state index contributed by atoms with van der Waals surface area (Å²) in [4.78, 5) is 26.8. The third-order valence-electron chi connectivity index (χ3n) is 5.14. The van der Waals surface area contributed by atoms with E-state index in [2.05, 4.69) is 5.32 Å². The summed E-state index contributed by atoms with van der Waals surface area (Å²) >= 11 is 0. The molecule has 0 saturated carbocycles. The summed E-state index contributed by atoms with van der Waals surface area (Å²) in [6.07, 6.45) is 1.13. The standard InChI is InChI=1S/C25H26N2O4S/c1-18(22-10-7-11-23(16-22)26-19(2)28)27(17-20-8-5-4-6-9-20)25(29)21-12-14-24(15-13-21)32(3,30)31/h4-16,18H,17H2,1-3H3,(H,26,28). The summed E-state index contributed by atoms with van der Waals surface area (Å²) < 4.78 is 23.5. The van der Waals surface area contributed by atoms with Crippen molar-refractivity contribution >= 4 is 27.3 Å². The van der Waals surface area contributed by atoms with Crippen molar-refractivity contribution in [2.45, 2.75) is 31.3 Å². The number of nitrogens with one attached hydrogen (secondary N) is 1. The van der Waals surface area contributed by atoms with E-state index in [1.54, 1.807) is 11.0 Å². The molecule has 1 N–H and O–H groups in total. The molecule has 0 fully saturated rings. The fourth-order valence-electron chi connectivity index (χ4n) is 3.43. The number of carbonyl (C=O) groups excluding carboxylic acids is 2. The molecule has 3 aromatic carbocycles. The number of hydrogen-bond acceptors (Lipinski definition) is 4. The van der Waals surface area contributed by atoms with Crippen LogP contribution < -0.4 is 5.32 Å². The highest BCUT2D eigenvalue weighted by atomic mass is 32.2. The van der Waals surface area contributed by atoms with Gasteiger partial charge in [-0.05, 0) is 54.4 Å². The summed E-state index contributed by atoms with van der Waals surface area (Å²) in [6, 6.07) is 22.7. The second-order valence-electron chi connectivity index (χ2n) is 7.70. The van der Waals surface area contributed by atoms with Gasteiger partial charge in [0, 0.05) is 31.0 Å². The van der Waals surface area contributed by atoms with Crippen LogP contribution in [0.2, 0.25) is 0 Å². The van der Waals surface area contributed by atoms with Gasteiger partial charge in [0.05, 0.1) is 10.9 Å². The molecule has 0 saturated heterocycles. The number of sulfone groups is 1. The Kier molecular flexibility index (Phi) is 7.10. The predicted octanol–water partition coefficient (Wildman–Crippen LogP) is 4.45. The summed E-state index contributed by atoms with van der Waals surface area (Å²) in [5.74, 6) is -0.385. The smallest absolute Gasteiger partial charge is 0.254 e. The topological polar surface area (TPSA) is 83.6 Å². The first kappa shape index (κ1) is 23.2. The fourth-order valence-corrected chi connectivity index (χ4v) is 4.07. The van der Waals surface area contributed by atoms with Crippen LogP contribution >= 0.6 is 0 Å². The van der Waals surface area contributed by atoms with E-state index in [1.165, 1.54) is 31.2 Å². The van der Waals surface area contributed by atoms with Crippen molar-refractivity contribution < 1.29 is 18.0 Å².